The summed E-state index contributed by atoms with van der Waals surface area (Å²) < 4.78 is 0. The Balaban J connectivity index is 1.83. The van der Waals surface area contributed by atoms with Crippen molar-refractivity contribution in [3.05, 3.63) is 0 Å². The molecule has 112 valence electrons. The number of piperidine rings is 1. The Morgan fingerprint density at radius 1 is 1.00 bits per heavy atom. The molecule has 1 aliphatic heterocycles. The van der Waals surface area contributed by atoms with Gasteiger partial charge in [0.25, 0.3) is 0 Å². The highest BCUT2D eigenvalue weighted by molar-refractivity contribution is 4.91. The maximum Gasteiger partial charge on any atom is 0.00501 e. The van der Waals surface area contributed by atoms with E-state index in [0.29, 0.717) is 10.8 Å². The predicted molar refractivity (Wildman–Crippen MR) is 83.5 cm³/mol. The van der Waals surface area contributed by atoms with Crippen LogP contribution in [0.25, 0.3) is 0 Å². The van der Waals surface area contributed by atoms with Gasteiger partial charge in [-0.1, -0.05) is 33.6 Å². The van der Waals surface area contributed by atoms with Crippen LogP contribution in [0.4, 0.5) is 0 Å². The zero-order chi connectivity index (χ0) is 13.8. The highest BCUT2D eigenvalue weighted by Crippen LogP contribution is 2.40. The van der Waals surface area contributed by atoms with Crippen LogP contribution in [0.2, 0.25) is 0 Å². The summed E-state index contributed by atoms with van der Waals surface area (Å²) in [5.41, 5.74) is 1.18. The second-order valence-electron chi connectivity index (χ2n) is 7.82. The Labute approximate surface area is 120 Å². The summed E-state index contributed by atoms with van der Waals surface area (Å²) in [5.74, 6) is 0. The number of hydrogen-bond acceptors (Lipinski definition) is 2. The van der Waals surface area contributed by atoms with Crippen molar-refractivity contribution >= 4 is 0 Å². The Morgan fingerprint density at radius 2 is 1.63 bits per heavy atom. The van der Waals surface area contributed by atoms with Crippen LogP contribution in [-0.4, -0.2) is 37.6 Å². The fourth-order valence-electron chi connectivity index (χ4n) is 3.84. The Bertz CT molecular complexity index is 256. The standard InChI is InChI=1S/C17H34N2/c1-4-11-18-14-17(7-5-6-8-17)15-19-12-9-16(2,3)10-13-19/h18H,4-15H2,1-3H3. The van der Waals surface area contributed by atoms with Crippen molar-refractivity contribution in [3.8, 4) is 0 Å². The van der Waals surface area contributed by atoms with Gasteiger partial charge in [-0.15, -0.1) is 0 Å². The Kier molecular flexibility index (Phi) is 5.30. The number of nitrogens with zero attached hydrogens (tertiary/aromatic N) is 1. The van der Waals surface area contributed by atoms with Gasteiger partial charge >= 0.3 is 0 Å². The Hall–Kier alpha value is -0.0800. The number of nitrogens with one attached hydrogen (secondary N) is 1. The third-order valence-corrected chi connectivity index (χ3v) is 5.36. The molecule has 19 heavy (non-hydrogen) atoms. The van der Waals surface area contributed by atoms with E-state index in [1.807, 2.05) is 0 Å². The monoisotopic (exact) mass is 266 g/mol. The molecular weight excluding hydrogens is 232 g/mol. The summed E-state index contributed by atoms with van der Waals surface area (Å²) >= 11 is 0. The minimum atomic E-state index is 0.583. The lowest BCUT2D eigenvalue weighted by Crippen LogP contribution is -2.46. The van der Waals surface area contributed by atoms with Crippen molar-refractivity contribution in [3.63, 3.8) is 0 Å². The van der Waals surface area contributed by atoms with Gasteiger partial charge in [0.05, 0.1) is 0 Å². The predicted octanol–water partition coefficient (Wildman–Crippen LogP) is 3.67. The number of likely N-dealkylation sites (tertiary alicyclic amines) is 1. The topological polar surface area (TPSA) is 15.3 Å². The maximum atomic E-state index is 3.70. The van der Waals surface area contributed by atoms with Crippen molar-refractivity contribution in [2.24, 2.45) is 10.8 Å². The van der Waals surface area contributed by atoms with Crippen molar-refractivity contribution < 1.29 is 0 Å². The molecule has 2 nitrogen and oxygen atoms in total. The van der Waals surface area contributed by atoms with Gasteiger partial charge in [-0.3, -0.25) is 0 Å². The van der Waals surface area contributed by atoms with Gasteiger partial charge in [-0.05, 0) is 62.6 Å². The lowest BCUT2D eigenvalue weighted by atomic mass is 9.80. The normalized spacial score (nSPS) is 26.7. The zero-order valence-electron chi connectivity index (χ0n) is 13.4. The molecule has 2 fully saturated rings. The number of rotatable bonds is 6. The third kappa shape index (κ3) is 4.46. The molecule has 1 N–H and O–H groups in total. The second kappa shape index (κ2) is 6.58. The zero-order valence-corrected chi connectivity index (χ0v) is 13.4. The first-order valence-corrected chi connectivity index (χ1v) is 8.48. The van der Waals surface area contributed by atoms with Crippen molar-refractivity contribution in [2.75, 3.05) is 32.7 Å². The van der Waals surface area contributed by atoms with E-state index in [2.05, 4.69) is 31.0 Å². The first kappa shape index (κ1) is 15.3. The van der Waals surface area contributed by atoms with Gasteiger partial charge in [0.1, 0.15) is 0 Å². The van der Waals surface area contributed by atoms with Gasteiger partial charge in [-0.2, -0.15) is 0 Å². The summed E-state index contributed by atoms with van der Waals surface area (Å²) in [6, 6.07) is 0. The molecule has 0 atom stereocenters. The van der Waals surface area contributed by atoms with Crippen LogP contribution in [0.5, 0.6) is 0 Å². The van der Waals surface area contributed by atoms with Crippen LogP contribution in [0.1, 0.15) is 65.7 Å². The molecule has 0 spiro atoms. The average Bonchev–Trinajstić information content (AvgIpc) is 2.81. The smallest absolute Gasteiger partial charge is 0.00501 e. The largest absolute Gasteiger partial charge is 0.316 e. The molecule has 1 heterocycles. The highest BCUT2D eigenvalue weighted by Gasteiger charge is 2.36. The molecule has 2 rings (SSSR count). The SMILES string of the molecule is CCCNCC1(CN2CCC(C)(C)CC2)CCCC1. The van der Waals surface area contributed by atoms with Crippen LogP contribution in [0, 0.1) is 10.8 Å². The van der Waals surface area contributed by atoms with E-state index in [-0.39, 0.29) is 0 Å². The summed E-state index contributed by atoms with van der Waals surface area (Å²) in [7, 11) is 0. The van der Waals surface area contributed by atoms with E-state index < -0.39 is 0 Å². The number of hydrogen-bond donors (Lipinski definition) is 1. The summed E-state index contributed by atoms with van der Waals surface area (Å²) in [6.45, 7) is 13.6. The van der Waals surface area contributed by atoms with E-state index in [0.717, 1.165) is 0 Å². The molecule has 1 saturated carbocycles. The summed E-state index contributed by atoms with van der Waals surface area (Å²) in [4.78, 5) is 2.75. The molecule has 0 bridgehead atoms. The van der Waals surface area contributed by atoms with Crippen molar-refractivity contribution in [1.29, 1.82) is 0 Å². The minimum Gasteiger partial charge on any atom is -0.316 e. The van der Waals surface area contributed by atoms with E-state index in [1.54, 1.807) is 0 Å². The lowest BCUT2D eigenvalue weighted by Gasteiger charge is -2.42. The fourth-order valence-corrected chi connectivity index (χ4v) is 3.84. The molecule has 0 unspecified atom stereocenters. The first-order valence-electron chi connectivity index (χ1n) is 8.48. The van der Waals surface area contributed by atoms with Gasteiger partial charge in [0, 0.05) is 13.1 Å². The van der Waals surface area contributed by atoms with Crippen LogP contribution in [0.3, 0.4) is 0 Å². The lowest BCUT2D eigenvalue weighted by molar-refractivity contribution is 0.0828. The molecule has 2 heteroatoms. The van der Waals surface area contributed by atoms with Crippen LogP contribution in [0.15, 0.2) is 0 Å². The van der Waals surface area contributed by atoms with Gasteiger partial charge in [0.15, 0.2) is 0 Å². The first-order chi connectivity index (χ1) is 9.05. The van der Waals surface area contributed by atoms with Crippen molar-refractivity contribution in [1.82, 2.24) is 10.2 Å². The second-order valence-corrected chi connectivity index (χ2v) is 7.82. The van der Waals surface area contributed by atoms with E-state index in [9.17, 15) is 0 Å². The molecule has 1 aliphatic carbocycles. The van der Waals surface area contributed by atoms with Crippen LogP contribution in [-0.2, 0) is 0 Å². The van der Waals surface area contributed by atoms with Gasteiger partial charge in [0.2, 0.25) is 0 Å². The molecular formula is C17H34N2. The molecule has 0 aromatic heterocycles. The quantitative estimate of drug-likeness (QED) is 0.738. The maximum absolute atomic E-state index is 3.70. The average molecular weight is 266 g/mol. The Morgan fingerprint density at radius 3 is 2.21 bits per heavy atom. The molecule has 0 aromatic rings. The molecule has 2 aliphatic rings. The highest BCUT2D eigenvalue weighted by atomic mass is 15.1. The van der Waals surface area contributed by atoms with Crippen LogP contribution >= 0.6 is 0 Å². The molecule has 1 saturated heterocycles. The van der Waals surface area contributed by atoms with Crippen molar-refractivity contribution in [2.45, 2.75) is 65.7 Å². The van der Waals surface area contributed by atoms with Crippen LogP contribution < -0.4 is 5.32 Å². The fraction of sp³-hybridized carbons (Fsp3) is 1.00. The molecule has 0 aromatic carbocycles. The van der Waals surface area contributed by atoms with E-state index in [4.69, 9.17) is 0 Å². The third-order valence-electron chi connectivity index (χ3n) is 5.36. The van der Waals surface area contributed by atoms with Gasteiger partial charge in [-0.25, -0.2) is 0 Å². The van der Waals surface area contributed by atoms with Gasteiger partial charge < -0.3 is 10.2 Å². The summed E-state index contributed by atoms with van der Waals surface area (Å²) in [6.07, 6.45) is 9.82. The minimum absolute atomic E-state index is 0.583. The molecule has 0 amide bonds. The van der Waals surface area contributed by atoms with E-state index in [1.165, 1.54) is 77.7 Å². The molecule has 0 radical (unpaired) electrons. The van der Waals surface area contributed by atoms with E-state index >= 15 is 0 Å². The summed E-state index contributed by atoms with van der Waals surface area (Å²) in [5, 5.41) is 3.70.